The summed E-state index contributed by atoms with van der Waals surface area (Å²) in [7, 11) is 1.33. The lowest BCUT2D eigenvalue weighted by Gasteiger charge is -2.23. The Balaban J connectivity index is 2.26. The van der Waals surface area contributed by atoms with Crippen molar-refractivity contribution in [2.24, 2.45) is 5.92 Å². The molecule has 6 heteroatoms. The highest BCUT2D eigenvalue weighted by atomic mass is 16.5. The summed E-state index contributed by atoms with van der Waals surface area (Å²) >= 11 is 0. The third-order valence-corrected chi connectivity index (χ3v) is 2.42. The average Bonchev–Trinajstić information content (AvgIpc) is 2.35. The number of hydrogen-bond acceptors (Lipinski definition) is 5. The SMILES string of the molecule is COC(=O)C(C)CNC(=O)C1COCCN1. The van der Waals surface area contributed by atoms with Gasteiger partial charge in [0.05, 0.1) is 26.2 Å². The van der Waals surface area contributed by atoms with Gasteiger partial charge in [0.2, 0.25) is 5.91 Å². The number of amides is 1. The molecule has 2 N–H and O–H groups in total. The highest BCUT2D eigenvalue weighted by Gasteiger charge is 2.22. The van der Waals surface area contributed by atoms with Gasteiger partial charge in [0.15, 0.2) is 0 Å². The predicted molar refractivity (Wildman–Crippen MR) is 56.8 cm³/mol. The van der Waals surface area contributed by atoms with Crippen molar-refractivity contribution in [1.29, 1.82) is 0 Å². The second kappa shape index (κ2) is 6.44. The van der Waals surface area contributed by atoms with E-state index in [0.717, 1.165) is 0 Å². The summed E-state index contributed by atoms with van der Waals surface area (Å²) in [6, 6.07) is -0.321. The standard InChI is InChI=1S/C10H18N2O4/c1-7(10(14)15-2)5-12-9(13)8-6-16-4-3-11-8/h7-8,11H,3-6H2,1-2H3,(H,12,13). The summed E-state index contributed by atoms with van der Waals surface area (Å²) in [5.41, 5.74) is 0. The fraction of sp³-hybridized carbons (Fsp3) is 0.800. The van der Waals surface area contributed by atoms with Crippen LogP contribution in [0.4, 0.5) is 0 Å². The predicted octanol–water partition coefficient (Wildman–Crippen LogP) is -1.10. The molecule has 16 heavy (non-hydrogen) atoms. The van der Waals surface area contributed by atoms with Crippen molar-refractivity contribution in [3.63, 3.8) is 0 Å². The van der Waals surface area contributed by atoms with E-state index in [4.69, 9.17) is 4.74 Å². The quantitative estimate of drug-likeness (QED) is 0.600. The summed E-state index contributed by atoms with van der Waals surface area (Å²) in [4.78, 5) is 22.7. The van der Waals surface area contributed by atoms with E-state index in [1.807, 2.05) is 0 Å². The molecule has 1 fully saturated rings. The van der Waals surface area contributed by atoms with E-state index >= 15 is 0 Å². The first-order chi connectivity index (χ1) is 7.65. The van der Waals surface area contributed by atoms with Crippen LogP contribution in [-0.2, 0) is 19.1 Å². The van der Waals surface area contributed by atoms with Gasteiger partial charge < -0.3 is 20.1 Å². The van der Waals surface area contributed by atoms with Crippen molar-refractivity contribution in [3.05, 3.63) is 0 Å². The molecule has 1 amide bonds. The summed E-state index contributed by atoms with van der Waals surface area (Å²) in [6.07, 6.45) is 0. The summed E-state index contributed by atoms with van der Waals surface area (Å²) in [5, 5.41) is 5.72. The number of methoxy groups -OCH3 is 1. The van der Waals surface area contributed by atoms with Crippen LogP contribution in [0, 0.1) is 5.92 Å². The third-order valence-electron chi connectivity index (χ3n) is 2.42. The van der Waals surface area contributed by atoms with Crippen molar-refractivity contribution in [2.75, 3.05) is 33.4 Å². The van der Waals surface area contributed by atoms with Crippen LogP contribution >= 0.6 is 0 Å². The fourth-order valence-corrected chi connectivity index (χ4v) is 1.40. The highest BCUT2D eigenvalue weighted by Crippen LogP contribution is 1.97. The smallest absolute Gasteiger partial charge is 0.310 e. The summed E-state index contributed by atoms with van der Waals surface area (Å²) in [5.74, 6) is -0.804. The number of esters is 1. The normalized spacial score (nSPS) is 22.2. The molecule has 0 bridgehead atoms. The molecular weight excluding hydrogens is 212 g/mol. The van der Waals surface area contributed by atoms with Crippen LogP contribution in [0.25, 0.3) is 0 Å². The molecule has 1 aliphatic rings. The number of hydrogen-bond donors (Lipinski definition) is 2. The lowest BCUT2D eigenvalue weighted by Crippen LogP contribution is -2.52. The van der Waals surface area contributed by atoms with Crippen LogP contribution in [0.1, 0.15) is 6.92 Å². The maximum Gasteiger partial charge on any atom is 0.310 e. The maximum absolute atomic E-state index is 11.6. The molecule has 0 aromatic heterocycles. The van der Waals surface area contributed by atoms with Crippen LogP contribution in [0.3, 0.4) is 0 Å². The molecule has 1 aliphatic heterocycles. The number of nitrogens with one attached hydrogen (secondary N) is 2. The minimum atomic E-state index is -0.335. The van der Waals surface area contributed by atoms with Gasteiger partial charge in [0.1, 0.15) is 6.04 Å². The Morgan fingerprint density at radius 3 is 2.94 bits per heavy atom. The molecule has 1 saturated heterocycles. The zero-order chi connectivity index (χ0) is 12.0. The first kappa shape index (κ1) is 12.9. The van der Waals surface area contributed by atoms with Gasteiger partial charge in [-0.2, -0.15) is 0 Å². The van der Waals surface area contributed by atoms with Crippen LogP contribution < -0.4 is 10.6 Å². The Bertz CT molecular complexity index is 251. The molecule has 0 saturated carbocycles. The van der Waals surface area contributed by atoms with E-state index in [1.165, 1.54) is 7.11 Å². The molecule has 6 nitrogen and oxygen atoms in total. The van der Waals surface area contributed by atoms with Crippen molar-refractivity contribution < 1.29 is 19.1 Å². The lowest BCUT2D eigenvalue weighted by atomic mass is 10.2. The van der Waals surface area contributed by atoms with Crippen LogP contribution in [-0.4, -0.2) is 51.3 Å². The Kier molecular flexibility index (Phi) is 5.21. The molecule has 2 atom stereocenters. The van der Waals surface area contributed by atoms with E-state index < -0.39 is 0 Å². The van der Waals surface area contributed by atoms with Crippen molar-refractivity contribution in [2.45, 2.75) is 13.0 Å². The van der Waals surface area contributed by atoms with Gasteiger partial charge in [-0.1, -0.05) is 6.92 Å². The van der Waals surface area contributed by atoms with E-state index in [0.29, 0.717) is 19.8 Å². The lowest BCUT2D eigenvalue weighted by molar-refractivity contribution is -0.144. The number of morpholine rings is 1. The first-order valence-electron chi connectivity index (χ1n) is 5.31. The van der Waals surface area contributed by atoms with Crippen molar-refractivity contribution >= 4 is 11.9 Å². The summed E-state index contributed by atoms with van der Waals surface area (Å²) in [6.45, 7) is 3.66. The monoisotopic (exact) mass is 230 g/mol. The van der Waals surface area contributed by atoms with Gasteiger partial charge in [0, 0.05) is 13.1 Å². The van der Waals surface area contributed by atoms with E-state index in [9.17, 15) is 9.59 Å². The highest BCUT2D eigenvalue weighted by molar-refractivity contribution is 5.82. The Morgan fingerprint density at radius 2 is 2.38 bits per heavy atom. The number of carbonyl (C=O) groups is 2. The van der Waals surface area contributed by atoms with Crippen molar-refractivity contribution in [1.82, 2.24) is 10.6 Å². The van der Waals surface area contributed by atoms with E-state index in [2.05, 4.69) is 15.4 Å². The molecule has 92 valence electrons. The topological polar surface area (TPSA) is 76.7 Å². The molecule has 0 radical (unpaired) electrons. The Labute approximate surface area is 94.7 Å². The average molecular weight is 230 g/mol. The number of rotatable bonds is 4. The van der Waals surface area contributed by atoms with Gasteiger partial charge in [-0.15, -0.1) is 0 Å². The second-order valence-electron chi connectivity index (χ2n) is 3.75. The molecule has 0 aliphatic carbocycles. The Hall–Kier alpha value is -1.14. The third kappa shape index (κ3) is 3.79. The van der Waals surface area contributed by atoms with Gasteiger partial charge in [-0.25, -0.2) is 0 Å². The van der Waals surface area contributed by atoms with E-state index in [-0.39, 0.29) is 30.4 Å². The number of ether oxygens (including phenoxy) is 2. The van der Waals surface area contributed by atoms with Crippen LogP contribution in [0.5, 0.6) is 0 Å². The van der Waals surface area contributed by atoms with Crippen LogP contribution in [0.2, 0.25) is 0 Å². The zero-order valence-electron chi connectivity index (χ0n) is 9.62. The largest absolute Gasteiger partial charge is 0.469 e. The summed E-state index contributed by atoms with van der Waals surface area (Å²) < 4.78 is 9.72. The van der Waals surface area contributed by atoms with Gasteiger partial charge in [-0.05, 0) is 0 Å². The minimum Gasteiger partial charge on any atom is -0.469 e. The molecule has 0 aromatic rings. The molecule has 1 rings (SSSR count). The second-order valence-corrected chi connectivity index (χ2v) is 3.75. The molecule has 1 heterocycles. The van der Waals surface area contributed by atoms with E-state index in [1.54, 1.807) is 6.92 Å². The van der Waals surface area contributed by atoms with Crippen molar-refractivity contribution in [3.8, 4) is 0 Å². The van der Waals surface area contributed by atoms with Gasteiger partial charge >= 0.3 is 5.97 Å². The molecular formula is C10H18N2O4. The van der Waals surface area contributed by atoms with Crippen LogP contribution in [0.15, 0.2) is 0 Å². The maximum atomic E-state index is 11.6. The molecule has 0 aromatic carbocycles. The van der Waals surface area contributed by atoms with Gasteiger partial charge in [-0.3, -0.25) is 9.59 Å². The number of carbonyl (C=O) groups excluding carboxylic acids is 2. The fourth-order valence-electron chi connectivity index (χ4n) is 1.40. The molecule has 2 unspecified atom stereocenters. The minimum absolute atomic E-state index is 0.143. The van der Waals surface area contributed by atoms with Gasteiger partial charge in [0.25, 0.3) is 0 Å². The molecule has 0 spiro atoms. The Morgan fingerprint density at radius 1 is 1.62 bits per heavy atom. The first-order valence-corrected chi connectivity index (χ1v) is 5.31. The zero-order valence-corrected chi connectivity index (χ0v) is 9.62.